The van der Waals surface area contributed by atoms with Crippen molar-refractivity contribution in [3.05, 3.63) is 34.9 Å². The Morgan fingerprint density at radius 3 is 2.45 bits per heavy atom. The van der Waals surface area contributed by atoms with Crippen LogP contribution >= 0.6 is 11.6 Å². The van der Waals surface area contributed by atoms with Crippen LogP contribution in [0.15, 0.2) is 18.2 Å². The van der Waals surface area contributed by atoms with Crippen LogP contribution in [0, 0.1) is 11.3 Å². The molecule has 1 saturated carbocycles. The van der Waals surface area contributed by atoms with E-state index in [-0.39, 0.29) is 5.38 Å². The molecule has 0 saturated heterocycles. The first kappa shape index (κ1) is 15.9. The molecule has 112 valence electrons. The van der Waals surface area contributed by atoms with Gasteiger partial charge in [-0.25, -0.2) is 0 Å². The van der Waals surface area contributed by atoms with Gasteiger partial charge in [-0.05, 0) is 53.7 Å². The van der Waals surface area contributed by atoms with Crippen LogP contribution in [0.25, 0.3) is 0 Å². The molecule has 0 bridgehead atoms. The van der Waals surface area contributed by atoms with E-state index in [4.69, 9.17) is 11.6 Å². The zero-order chi connectivity index (χ0) is 14.8. The van der Waals surface area contributed by atoms with E-state index in [0.29, 0.717) is 11.3 Å². The topological polar surface area (TPSA) is 0 Å². The number of benzene rings is 1. The van der Waals surface area contributed by atoms with Gasteiger partial charge < -0.3 is 0 Å². The van der Waals surface area contributed by atoms with Crippen LogP contribution in [-0.2, 0) is 12.8 Å². The van der Waals surface area contributed by atoms with Gasteiger partial charge in [0.1, 0.15) is 0 Å². The second-order valence-corrected chi connectivity index (χ2v) is 7.45. The zero-order valence-electron chi connectivity index (χ0n) is 13.5. The molecule has 0 aliphatic heterocycles. The summed E-state index contributed by atoms with van der Waals surface area (Å²) in [5.41, 5.74) is 4.66. The van der Waals surface area contributed by atoms with E-state index < -0.39 is 0 Å². The van der Waals surface area contributed by atoms with Gasteiger partial charge in [-0.15, -0.1) is 11.6 Å². The summed E-state index contributed by atoms with van der Waals surface area (Å²) in [5.74, 6) is 0.607. The average molecular weight is 293 g/mol. The summed E-state index contributed by atoms with van der Waals surface area (Å²) in [6.07, 6.45) is 7.51. The molecule has 0 spiro atoms. The highest BCUT2D eigenvalue weighted by Gasteiger charge is 2.37. The molecule has 1 fully saturated rings. The summed E-state index contributed by atoms with van der Waals surface area (Å²) >= 11 is 6.89. The third kappa shape index (κ3) is 3.22. The Labute approximate surface area is 129 Å². The predicted octanol–water partition coefficient (Wildman–Crippen LogP) is 6.31. The lowest BCUT2D eigenvalue weighted by molar-refractivity contribution is 0.133. The highest BCUT2D eigenvalue weighted by atomic mass is 35.5. The molecule has 1 aromatic carbocycles. The fourth-order valence-corrected chi connectivity index (χ4v) is 4.39. The summed E-state index contributed by atoms with van der Waals surface area (Å²) in [4.78, 5) is 0. The minimum atomic E-state index is 0.168. The second kappa shape index (κ2) is 6.52. The molecule has 2 atom stereocenters. The largest absolute Gasteiger partial charge is 0.117 e. The van der Waals surface area contributed by atoms with Crippen LogP contribution < -0.4 is 0 Å². The number of hydrogen-bond donors (Lipinski definition) is 0. The maximum atomic E-state index is 6.89. The molecule has 1 aromatic rings. The maximum Gasteiger partial charge on any atom is 0.0618 e. The molecular formula is C19H29Cl. The summed E-state index contributed by atoms with van der Waals surface area (Å²) in [6, 6.07) is 6.92. The fraction of sp³-hybridized carbons (Fsp3) is 0.684. The molecule has 1 heteroatoms. The number of halogens is 1. The van der Waals surface area contributed by atoms with Crippen molar-refractivity contribution in [3.63, 3.8) is 0 Å². The van der Waals surface area contributed by atoms with E-state index in [1.807, 2.05) is 0 Å². The van der Waals surface area contributed by atoms with E-state index >= 15 is 0 Å². The molecule has 1 aliphatic carbocycles. The number of rotatable bonds is 4. The lowest BCUT2D eigenvalue weighted by Gasteiger charge is -2.41. The molecule has 0 amide bonds. The third-order valence-corrected chi connectivity index (χ3v) is 5.81. The number of aryl methyl sites for hydroxylation is 2. The van der Waals surface area contributed by atoms with Gasteiger partial charge in [0.2, 0.25) is 0 Å². The van der Waals surface area contributed by atoms with Crippen molar-refractivity contribution in [2.24, 2.45) is 11.3 Å². The standard InChI is InChI=1S/C19H29Cl/c1-5-14-10-11-16(13-15(14)6-2)18(20)17-9-7-8-12-19(17,3)4/h10-11,13,17-18H,5-9,12H2,1-4H3. The smallest absolute Gasteiger partial charge is 0.0618 e. The van der Waals surface area contributed by atoms with Crippen LogP contribution in [0.2, 0.25) is 0 Å². The van der Waals surface area contributed by atoms with Crippen molar-refractivity contribution in [1.29, 1.82) is 0 Å². The normalized spacial score (nSPS) is 23.6. The molecular weight excluding hydrogens is 264 g/mol. The summed E-state index contributed by atoms with van der Waals surface area (Å²) in [5, 5.41) is 0.168. The molecule has 1 aliphatic rings. The van der Waals surface area contributed by atoms with Gasteiger partial charge in [-0.3, -0.25) is 0 Å². The van der Waals surface area contributed by atoms with Crippen molar-refractivity contribution >= 4 is 11.6 Å². The van der Waals surface area contributed by atoms with Crippen molar-refractivity contribution < 1.29 is 0 Å². The summed E-state index contributed by atoms with van der Waals surface area (Å²) in [6.45, 7) is 9.27. The summed E-state index contributed by atoms with van der Waals surface area (Å²) < 4.78 is 0. The van der Waals surface area contributed by atoms with Gasteiger partial charge in [-0.2, -0.15) is 0 Å². The minimum Gasteiger partial charge on any atom is -0.117 e. The SMILES string of the molecule is CCc1ccc(C(Cl)C2CCCCC2(C)C)cc1CC. The molecule has 2 unspecified atom stereocenters. The first-order valence-corrected chi connectivity index (χ1v) is 8.69. The lowest BCUT2D eigenvalue weighted by Crippen LogP contribution is -2.30. The Balaban J connectivity index is 2.26. The third-order valence-electron chi connectivity index (χ3n) is 5.25. The van der Waals surface area contributed by atoms with E-state index in [0.717, 1.165) is 12.8 Å². The molecule has 20 heavy (non-hydrogen) atoms. The van der Waals surface area contributed by atoms with Gasteiger partial charge in [0.25, 0.3) is 0 Å². The Hall–Kier alpha value is -0.490. The van der Waals surface area contributed by atoms with Gasteiger partial charge >= 0.3 is 0 Å². The van der Waals surface area contributed by atoms with Gasteiger partial charge in [0, 0.05) is 0 Å². The van der Waals surface area contributed by atoms with Crippen LogP contribution in [0.4, 0.5) is 0 Å². The second-order valence-electron chi connectivity index (χ2n) is 6.98. The van der Waals surface area contributed by atoms with Crippen LogP contribution in [0.1, 0.15) is 75.4 Å². The van der Waals surface area contributed by atoms with E-state index in [1.54, 1.807) is 0 Å². The first-order chi connectivity index (χ1) is 9.49. The zero-order valence-corrected chi connectivity index (χ0v) is 14.3. The highest BCUT2D eigenvalue weighted by Crippen LogP contribution is 2.49. The first-order valence-electron chi connectivity index (χ1n) is 8.25. The van der Waals surface area contributed by atoms with Crippen LogP contribution in [0.5, 0.6) is 0 Å². The molecule has 0 radical (unpaired) electrons. The molecule has 0 nitrogen and oxygen atoms in total. The van der Waals surface area contributed by atoms with Crippen LogP contribution in [-0.4, -0.2) is 0 Å². The molecule has 0 aromatic heterocycles. The Morgan fingerprint density at radius 2 is 1.85 bits per heavy atom. The van der Waals surface area contributed by atoms with Crippen LogP contribution in [0.3, 0.4) is 0 Å². The minimum absolute atomic E-state index is 0.168. The quantitative estimate of drug-likeness (QED) is 0.571. The summed E-state index contributed by atoms with van der Waals surface area (Å²) in [7, 11) is 0. The number of alkyl halides is 1. The van der Waals surface area contributed by atoms with Crippen molar-refractivity contribution in [2.75, 3.05) is 0 Å². The molecule has 2 rings (SSSR count). The fourth-order valence-electron chi connectivity index (χ4n) is 3.79. The van der Waals surface area contributed by atoms with E-state index in [1.165, 1.54) is 42.4 Å². The molecule has 0 N–H and O–H groups in total. The van der Waals surface area contributed by atoms with Gasteiger partial charge in [-0.1, -0.05) is 58.7 Å². The Morgan fingerprint density at radius 1 is 1.15 bits per heavy atom. The Bertz CT molecular complexity index is 447. The lowest BCUT2D eigenvalue weighted by atomic mass is 9.66. The molecule has 0 heterocycles. The highest BCUT2D eigenvalue weighted by molar-refractivity contribution is 6.21. The van der Waals surface area contributed by atoms with Crippen molar-refractivity contribution in [1.82, 2.24) is 0 Å². The van der Waals surface area contributed by atoms with Gasteiger partial charge in [0.15, 0.2) is 0 Å². The average Bonchev–Trinajstić information content (AvgIpc) is 2.45. The monoisotopic (exact) mass is 292 g/mol. The van der Waals surface area contributed by atoms with Crippen molar-refractivity contribution in [3.8, 4) is 0 Å². The Kier molecular flexibility index (Phi) is 5.18. The van der Waals surface area contributed by atoms with E-state index in [2.05, 4.69) is 45.9 Å². The van der Waals surface area contributed by atoms with Crippen molar-refractivity contribution in [2.45, 2.75) is 71.6 Å². The number of hydrogen-bond acceptors (Lipinski definition) is 0. The maximum absolute atomic E-state index is 6.89. The predicted molar refractivity (Wildman–Crippen MR) is 89.5 cm³/mol. The van der Waals surface area contributed by atoms with E-state index in [9.17, 15) is 0 Å². The van der Waals surface area contributed by atoms with Gasteiger partial charge in [0.05, 0.1) is 5.38 Å².